The third-order valence-corrected chi connectivity index (χ3v) is 5.30. The predicted octanol–water partition coefficient (Wildman–Crippen LogP) is 3.63. The maximum absolute atomic E-state index is 12.1. The van der Waals surface area contributed by atoms with Crippen molar-refractivity contribution in [3.05, 3.63) is 38.8 Å². The van der Waals surface area contributed by atoms with E-state index in [4.69, 9.17) is 23.8 Å². The van der Waals surface area contributed by atoms with Crippen molar-refractivity contribution in [1.82, 2.24) is 10.2 Å². The lowest BCUT2D eigenvalue weighted by molar-refractivity contribution is -0.115. The molecule has 1 N–H and O–H groups in total. The topological polar surface area (TPSA) is 49.0 Å². The van der Waals surface area contributed by atoms with Crippen molar-refractivity contribution in [2.24, 2.45) is 0 Å². The highest BCUT2D eigenvalue weighted by molar-refractivity contribution is 8.00. The number of carbonyl (C=O) groups excluding carboxylic acids is 1. The van der Waals surface area contributed by atoms with Crippen LogP contribution >= 0.6 is 46.9 Å². The van der Waals surface area contributed by atoms with Crippen molar-refractivity contribution in [1.29, 1.82) is 0 Å². The first kappa shape index (κ1) is 13.1. The summed E-state index contributed by atoms with van der Waals surface area (Å²) in [7, 11) is 0. The average molecular weight is 330 g/mol. The Hall–Kier alpha value is -0.890. The summed E-state index contributed by atoms with van der Waals surface area (Å²) in [6.07, 6.45) is 0. The van der Waals surface area contributed by atoms with E-state index >= 15 is 0 Å². The number of anilines is 1. The summed E-state index contributed by atoms with van der Waals surface area (Å²) >= 11 is 14.1. The van der Waals surface area contributed by atoms with E-state index in [0.717, 1.165) is 5.56 Å². The molecule has 0 spiro atoms. The highest BCUT2D eigenvalue weighted by Gasteiger charge is 2.36. The molecule has 0 radical (unpaired) electrons. The van der Waals surface area contributed by atoms with Crippen molar-refractivity contribution >= 4 is 58.0 Å². The lowest BCUT2D eigenvalue weighted by Crippen LogP contribution is -2.27. The van der Waals surface area contributed by atoms with Crippen LogP contribution < -0.4 is 4.90 Å². The van der Waals surface area contributed by atoms with Gasteiger partial charge in [0.2, 0.25) is 11.0 Å². The normalized spacial score (nSPS) is 19.1. The molecule has 98 valence electrons. The molecule has 2 heterocycles. The summed E-state index contributed by atoms with van der Waals surface area (Å²) in [4.78, 5) is 13.7. The molecule has 1 fully saturated rings. The molecule has 1 amide bonds. The number of nitrogens with zero attached hydrogens (tertiary/aromatic N) is 2. The number of nitrogens with one attached hydrogen (secondary N) is 1. The number of benzene rings is 1. The van der Waals surface area contributed by atoms with E-state index in [-0.39, 0.29) is 11.3 Å². The molecule has 1 aliphatic heterocycles. The van der Waals surface area contributed by atoms with Gasteiger partial charge in [-0.2, -0.15) is 0 Å². The lowest BCUT2D eigenvalue weighted by Gasteiger charge is -2.21. The fourth-order valence-electron chi connectivity index (χ4n) is 1.86. The third kappa shape index (κ3) is 2.43. The largest absolute Gasteiger partial charge is 0.273 e. The minimum absolute atomic E-state index is 0.0210. The maximum Gasteiger partial charge on any atom is 0.240 e. The van der Waals surface area contributed by atoms with Gasteiger partial charge in [0.1, 0.15) is 5.37 Å². The quantitative estimate of drug-likeness (QED) is 0.855. The molecule has 4 nitrogen and oxygen atoms in total. The summed E-state index contributed by atoms with van der Waals surface area (Å²) in [5.74, 6) is 0.440. The molecule has 0 bridgehead atoms. The highest BCUT2D eigenvalue weighted by Crippen LogP contribution is 2.44. The summed E-state index contributed by atoms with van der Waals surface area (Å²) in [6.45, 7) is 0. The van der Waals surface area contributed by atoms with Gasteiger partial charge in [0.05, 0.1) is 5.75 Å². The minimum atomic E-state index is -0.143. The van der Waals surface area contributed by atoms with Crippen LogP contribution in [-0.4, -0.2) is 21.9 Å². The van der Waals surface area contributed by atoms with Gasteiger partial charge in [-0.25, -0.2) is 0 Å². The van der Waals surface area contributed by atoms with Crippen molar-refractivity contribution in [2.75, 3.05) is 10.7 Å². The maximum atomic E-state index is 12.1. The van der Waals surface area contributed by atoms with Gasteiger partial charge in [-0.05, 0) is 18.3 Å². The van der Waals surface area contributed by atoms with Crippen molar-refractivity contribution < 1.29 is 4.79 Å². The lowest BCUT2D eigenvalue weighted by atomic mass is 10.2. The fraction of sp³-hybridized carbons (Fsp3) is 0.182. The summed E-state index contributed by atoms with van der Waals surface area (Å²) in [5, 5.41) is 7.89. The van der Waals surface area contributed by atoms with Crippen LogP contribution in [0.1, 0.15) is 10.9 Å². The Bertz CT molecular complexity index is 684. The van der Waals surface area contributed by atoms with Gasteiger partial charge in [-0.15, -0.1) is 16.9 Å². The van der Waals surface area contributed by atoms with E-state index in [1.54, 1.807) is 16.7 Å². The molecule has 3 rings (SSSR count). The number of aromatic nitrogens is 2. The number of H-pyrrole nitrogens is 1. The van der Waals surface area contributed by atoms with E-state index in [1.165, 1.54) is 11.3 Å². The van der Waals surface area contributed by atoms with Gasteiger partial charge < -0.3 is 0 Å². The third-order valence-electron chi connectivity index (χ3n) is 2.67. The zero-order valence-corrected chi connectivity index (χ0v) is 12.7. The van der Waals surface area contributed by atoms with E-state index in [9.17, 15) is 4.79 Å². The van der Waals surface area contributed by atoms with Gasteiger partial charge in [-0.1, -0.05) is 41.1 Å². The van der Waals surface area contributed by atoms with Crippen LogP contribution in [0, 0.1) is 3.95 Å². The number of thioether (sulfide) groups is 1. The van der Waals surface area contributed by atoms with Gasteiger partial charge in [0, 0.05) is 10.6 Å². The zero-order chi connectivity index (χ0) is 13.4. The number of carbonyl (C=O) groups is 1. The van der Waals surface area contributed by atoms with E-state index in [1.807, 2.05) is 24.3 Å². The smallest absolute Gasteiger partial charge is 0.240 e. The van der Waals surface area contributed by atoms with Crippen molar-refractivity contribution in [3.8, 4) is 0 Å². The molecule has 1 aliphatic rings. The monoisotopic (exact) mass is 329 g/mol. The molecule has 0 saturated carbocycles. The Morgan fingerprint density at radius 2 is 2.26 bits per heavy atom. The van der Waals surface area contributed by atoms with Crippen LogP contribution in [0.25, 0.3) is 0 Å². The molecule has 0 unspecified atom stereocenters. The Labute approximate surface area is 127 Å². The van der Waals surface area contributed by atoms with Crippen LogP contribution in [0.3, 0.4) is 0 Å². The Kier molecular flexibility index (Phi) is 3.62. The molecule has 8 heteroatoms. The first-order valence-corrected chi connectivity index (χ1v) is 8.05. The first-order chi connectivity index (χ1) is 9.16. The molecule has 1 atom stereocenters. The molecule has 1 aromatic heterocycles. The van der Waals surface area contributed by atoms with Crippen LogP contribution in [-0.2, 0) is 4.79 Å². The van der Waals surface area contributed by atoms with Gasteiger partial charge >= 0.3 is 0 Å². The van der Waals surface area contributed by atoms with Gasteiger partial charge in [-0.3, -0.25) is 14.8 Å². The van der Waals surface area contributed by atoms with Gasteiger partial charge in [0.25, 0.3) is 0 Å². The van der Waals surface area contributed by atoms with Crippen LogP contribution in [0.2, 0.25) is 5.02 Å². The second-order valence-corrected chi connectivity index (χ2v) is 6.96. The molecular formula is C11H8ClN3OS3. The van der Waals surface area contributed by atoms with Crippen LogP contribution in [0.5, 0.6) is 0 Å². The van der Waals surface area contributed by atoms with Crippen LogP contribution in [0.15, 0.2) is 24.3 Å². The second-order valence-electron chi connectivity index (χ2n) is 3.84. The van der Waals surface area contributed by atoms with Crippen molar-refractivity contribution in [3.63, 3.8) is 0 Å². The van der Waals surface area contributed by atoms with Crippen molar-refractivity contribution in [2.45, 2.75) is 5.37 Å². The first-order valence-electron chi connectivity index (χ1n) is 5.40. The number of amides is 1. The minimum Gasteiger partial charge on any atom is -0.273 e. The molecule has 0 aliphatic carbocycles. The van der Waals surface area contributed by atoms with E-state index in [2.05, 4.69) is 10.2 Å². The fourth-order valence-corrected chi connectivity index (χ4v) is 4.35. The summed E-state index contributed by atoms with van der Waals surface area (Å²) in [5.41, 5.74) is 0.918. The van der Waals surface area contributed by atoms with E-state index < -0.39 is 0 Å². The Morgan fingerprint density at radius 1 is 1.47 bits per heavy atom. The predicted molar refractivity (Wildman–Crippen MR) is 81.4 cm³/mol. The number of halogens is 1. The molecular weight excluding hydrogens is 322 g/mol. The molecule has 19 heavy (non-hydrogen) atoms. The number of hydrogen-bond acceptors (Lipinski definition) is 5. The Balaban J connectivity index is 2.04. The number of aromatic amines is 1. The summed E-state index contributed by atoms with van der Waals surface area (Å²) in [6, 6.07) is 7.54. The van der Waals surface area contributed by atoms with Gasteiger partial charge in [0.15, 0.2) is 3.95 Å². The molecule has 1 aromatic carbocycles. The molecule has 2 aromatic rings. The van der Waals surface area contributed by atoms with Crippen LogP contribution in [0.4, 0.5) is 5.13 Å². The number of hydrogen-bond donors (Lipinski definition) is 1. The second kappa shape index (κ2) is 5.24. The Morgan fingerprint density at radius 3 is 2.95 bits per heavy atom. The standard InChI is InChI=1S/C11H8ClN3OS3/c12-7-4-2-1-3-6(7)9-15(8(16)5-18-9)10-13-14-11(17)19-10/h1-4,9H,5H2,(H,14,17)/t9-/m0/s1. The summed E-state index contributed by atoms with van der Waals surface area (Å²) < 4.78 is 0.553. The zero-order valence-electron chi connectivity index (χ0n) is 9.50. The average Bonchev–Trinajstić information content (AvgIpc) is 2.96. The molecule has 1 saturated heterocycles. The SMILES string of the molecule is O=C1CS[C@@H](c2ccccc2Cl)N1c1n[nH]c(=S)s1. The number of rotatable bonds is 2. The van der Waals surface area contributed by atoms with E-state index in [0.29, 0.717) is 19.9 Å². The highest BCUT2D eigenvalue weighted by atomic mass is 35.5.